The van der Waals surface area contributed by atoms with E-state index in [2.05, 4.69) is 21.7 Å². The third-order valence-electron chi connectivity index (χ3n) is 4.03. The number of hydrogen-bond donors (Lipinski definition) is 2. The van der Waals surface area contributed by atoms with Gasteiger partial charge in [0.05, 0.1) is 6.54 Å². The molecule has 1 aliphatic carbocycles. The Bertz CT molecular complexity index is 399. The molecule has 0 atom stereocenters. The summed E-state index contributed by atoms with van der Waals surface area (Å²) in [6, 6.07) is 5.02. The van der Waals surface area contributed by atoms with E-state index in [0.29, 0.717) is 18.6 Å². The number of thiophene rings is 1. The van der Waals surface area contributed by atoms with E-state index >= 15 is 0 Å². The first-order valence-corrected chi connectivity index (χ1v) is 8.28. The smallest absolute Gasteiger partial charge is 0.234 e. The van der Waals surface area contributed by atoms with E-state index in [-0.39, 0.29) is 5.91 Å². The van der Waals surface area contributed by atoms with Crippen molar-refractivity contribution in [1.29, 1.82) is 0 Å². The molecule has 1 aliphatic rings. The Morgan fingerprint density at radius 2 is 2.20 bits per heavy atom. The maximum atomic E-state index is 11.9. The summed E-state index contributed by atoms with van der Waals surface area (Å²) >= 11 is 1.74. The van der Waals surface area contributed by atoms with E-state index < -0.39 is 0 Å². The van der Waals surface area contributed by atoms with Gasteiger partial charge in [0.25, 0.3) is 0 Å². The molecule has 1 aromatic rings. The van der Waals surface area contributed by atoms with E-state index in [1.807, 2.05) is 13.1 Å². The van der Waals surface area contributed by atoms with E-state index in [9.17, 15) is 4.79 Å². The van der Waals surface area contributed by atoms with Crippen LogP contribution >= 0.6 is 11.3 Å². The van der Waals surface area contributed by atoms with Crippen molar-refractivity contribution in [3.63, 3.8) is 0 Å². The maximum absolute atomic E-state index is 11.9. The van der Waals surface area contributed by atoms with Crippen molar-refractivity contribution in [3.05, 3.63) is 22.4 Å². The van der Waals surface area contributed by atoms with Gasteiger partial charge in [-0.3, -0.25) is 9.69 Å². The van der Waals surface area contributed by atoms with Crippen LogP contribution in [0, 0.1) is 0 Å². The molecule has 0 spiro atoms. The first-order chi connectivity index (χ1) is 9.65. The number of rotatable bonds is 6. The van der Waals surface area contributed by atoms with Crippen LogP contribution in [-0.4, -0.2) is 43.0 Å². The van der Waals surface area contributed by atoms with Crippen LogP contribution in [0.25, 0.3) is 0 Å². The highest BCUT2D eigenvalue weighted by Crippen LogP contribution is 2.20. The van der Waals surface area contributed by atoms with Crippen LogP contribution < -0.4 is 11.1 Å². The zero-order valence-corrected chi connectivity index (χ0v) is 13.0. The molecule has 1 aromatic heterocycles. The molecule has 1 saturated carbocycles. The lowest BCUT2D eigenvalue weighted by molar-refractivity contribution is -0.122. The Morgan fingerprint density at radius 1 is 1.45 bits per heavy atom. The average Bonchev–Trinajstić information content (AvgIpc) is 2.92. The van der Waals surface area contributed by atoms with Crippen molar-refractivity contribution in [2.45, 2.75) is 44.2 Å². The molecule has 1 fully saturated rings. The van der Waals surface area contributed by atoms with Gasteiger partial charge in [-0.25, -0.2) is 0 Å². The van der Waals surface area contributed by atoms with Gasteiger partial charge in [0.1, 0.15) is 0 Å². The number of carbonyl (C=O) groups excluding carboxylic acids is 1. The number of amides is 1. The highest BCUT2D eigenvalue weighted by atomic mass is 32.1. The van der Waals surface area contributed by atoms with E-state index in [1.54, 1.807) is 11.3 Å². The Kier molecular flexibility index (Phi) is 6.01. The van der Waals surface area contributed by atoms with Gasteiger partial charge in [0.2, 0.25) is 5.91 Å². The number of nitrogens with two attached hydrogens (primary N) is 1. The minimum atomic E-state index is 0.124. The molecular weight excluding hydrogens is 270 g/mol. The lowest BCUT2D eigenvalue weighted by atomic mass is 9.91. The van der Waals surface area contributed by atoms with Crippen LogP contribution in [0.15, 0.2) is 17.5 Å². The van der Waals surface area contributed by atoms with Gasteiger partial charge in [-0.2, -0.15) is 0 Å². The summed E-state index contributed by atoms with van der Waals surface area (Å²) in [7, 11) is 2.04. The second kappa shape index (κ2) is 7.76. The number of nitrogens with one attached hydrogen (secondary N) is 1. The lowest BCUT2D eigenvalue weighted by Crippen LogP contribution is -2.44. The van der Waals surface area contributed by atoms with Gasteiger partial charge in [-0.1, -0.05) is 6.07 Å². The van der Waals surface area contributed by atoms with Crippen LogP contribution in [0.4, 0.5) is 0 Å². The quantitative estimate of drug-likeness (QED) is 0.838. The van der Waals surface area contributed by atoms with Gasteiger partial charge in [-0.15, -0.1) is 11.3 Å². The Hall–Kier alpha value is -0.910. The largest absolute Gasteiger partial charge is 0.355 e. The summed E-state index contributed by atoms with van der Waals surface area (Å²) in [5.41, 5.74) is 5.91. The SMILES string of the molecule is CN(CC(=O)NCCc1cccs1)C1CCC(N)CC1. The summed E-state index contributed by atoms with van der Waals surface area (Å²) in [4.78, 5) is 15.4. The normalized spacial score (nSPS) is 22.9. The van der Waals surface area contributed by atoms with Crippen molar-refractivity contribution in [2.75, 3.05) is 20.1 Å². The van der Waals surface area contributed by atoms with Crippen molar-refractivity contribution >= 4 is 17.2 Å². The molecule has 0 radical (unpaired) electrons. The molecular formula is C15H25N3OS. The number of likely N-dealkylation sites (N-methyl/N-ethyl adjacent to an activating group) is 1. The molecule has 2 rings (SSSR count). The molecule has 1 amide bonds. The van der Waals surface area contributed by atoms with Gasteiger partial charge in [0.15, 0.2) is 0 Å². The topological polar surface area (TPSA) is 58.4 Å². The third kappa shape index (κ3) is 4.89. The molecule has 112 valence electrons. The monoisotopic (exact) mass is 295 g/mol. The molecule has 1 heterocycles. The maximum Gasteiger partial charge on any atom is 0.234 e. The minimum Gasteiger partial charge on any atom is -0.355 e. The molecule has 20 heavy (non-hydrogen) atoms. The summed E-state index contributed by atoms with van der Waals surface area (Å²) in [5, 5.41) is 5.07. The van der Waals surface area contributed by atoms with Crippen LogP contribution in [0.5, 0.6) is 0 Å². The lowest BCUT2D eigenvalue weighted by Gasteiger charge is -2.33. The molecule has 0 bridgehead atoms. The summed E-state index contributed by atoms with van der Waals surface area (Å²) in [6.45, 7) is 1.22. The van der Waals surface area contributed by atoms with Gasteiger partial charge < -0.3 is 11.1 Å². The zero-order valence-electron chi connectivity index (χ0n) is 12.2. The second-order valence-corrected chi connectivity index (χ2v) is 6.70. The second-order valence-electron chi connectivity index (χ2n) is 5.66. The van der Waals surface area contributed by atoms with Crippen LogP contribution in [0.1, 0.15) is 30.6 Å². The first-order valence-electron chi connectivity index (χ1n) is 7.40. The Labute approximate surface area is 125 Å². The molecule has 0 aliphatic heterocycles. The molecule has 0 aromatic carbocycles. The van der Waals surface area contributed by atoms with E-state index in [1.165, 1.54) is 4.88 Å². The number of carbonyl (C=O) groups is 1. The standard InChI is InChI=1S/C15H25N3OS/c1-18(13-6-4-12(16)5-7-13)11-15(19)17-9-8-14-3-2-10-20-14/h2-3,10,12-13H,4-9,11,16H2,1H3,(H,17,19). The van der Waals surface area contributed by atoms with Crippen molar-refractivity contribution in [3.8, 4) is 0 Å². The number of hydrogen-bond acceptors (Lipinski definition) is 4. The summed E-state index contributed by atoms with van der Waals surface area (Å²) < 4.78 is 0. The fourth-order valence-electron chi connectivity index (χ4n) is 2.73. The molecule has 4 nitrogen and oxygen atoms in total. The Balaban J connectivity index is 1.63. The average molecular weight is 295 g/mol. The van der Waals surface area contributed by atoms with E-state index in [0.717, 1.165) is 38.6 Å². The van der Waals surface area contributed by atoms with Gasteiger partial charge in [-0.05, 0) is 50.6 Å². The van der Waals surface area contributed by atoms with Crippen LogP contribution in [0.2, 0.25) is 0 Å². The van der Waals surface area contributed by atoms with E-state index in [4.69, 9.17) is 5.73 Å². The van der Waals surface area contributed by atoms with Crippen molar-refractivity contribution in [2.24, 2.45) is 5.73 Å². The van der Waals surface area contributed by atoms with Crippen molar-refractivity contribution in [1.82, 2.24) is 10.2 Å². The summed E-state index contributed by atoms with van der Waals surface area (Å²) in [5.74, 6) is 0.124. The minimum absolute atomic E-state index is 0.124. The molecule has 0 saturated heterocycles. The molecule has 5 heteroatoms. The predicted molar refractivity (Wildman–Crippen MR) is 83.9 cm³/mol. The fourth-order valence-corrected chi connectivity index (χ4v) is 3.44. The summed E-state index contributed by atoms with van der Waals surface area (Å²) in [6.07, 6.45) is 5.30. The first kappa shape index (κ1) is 15.5. The fraction of sp³-hybridized carbons (Fsp3) is 0.667. The highest BCUT2D eigenvalue weighted by Gasteiger charge is 2.22. The van der Waals surface area contributed by atoms with Crippen LogP contribution in [-0.2, 0) is 11.2 Å². The van der Waals surface area contributed by atoms with Crippen molar-refractivity contribution < 1.29 is 4.79 Å². The number of nitrogens with zero attached hydrogens (tertiary/aromatic N) is 1. The van der Waals surface area contributed by atoms with Gasteiger partial charge in [0, 0.05) is 23.5 Å². The Morgan fingerprint density at radius 3 is 2.85 bits per heavy atom. The predicted octanol–water partition coefficient (Wildman–Crippen LogP) is 1.61. The highest BCUT2D eigenvalue weighted by molar-refractivity contribution is 7.09. The molecule has 0 unspecified atom stereocenters. The third-order valence-corrected chi connectivity index (χ3v) is 4.97. The zero-order chi connectivity index (χ0) is 14.4. The van der Waals surface area contributed by atoms with Gasteiger partial charge >= 0.3 is 0 Å². The molecule has 3 N–H and O–H groups in total. The van der Waals surface area contributed by atoms with Crippen LogP contribution in [0.3, 0.4) is 0 Å².